The van der Waals surface area contributed by atoms with Crippen molar-refractivity contribution in [1.29, 1.82) is 0 Å². The number of carbonyl (C=O) groups is 1. The number of piperidine rings is 1. The van der Waals surface area contributed by atoms with Gasteiger partial charge in [0.1, 0.15) is 0 Å². The normalized spacial score (nSPS) is 35.7. The van der Waals surface area contributed by atoms with E-state index in [1.165, 1.54) is 32.1 Å². The first-order chi connectivity index (χ1) is 10.7. The molecule has 1 aliphatic heterocycles. The van der Waals surface area contributed by atoms with Crippen molar-refractivity contribution in [3.05, 3.63) is 0 Å². The Kier molecular flexibility index (Phi) is 5.24. The largest absolute Gasteiger partial charge is 0.396 e. The van der Waals surface area contributed by atoms with Crippen molar-refractivity contribution in [2.75, 3.05) is 32.8 Å². The molecule has 2 saturated carbocycles. The molecule has 126 valence electrons. The molecule has 2 bridgehead atoms. The van der Waals surface area contributed by atoms with E-state index in [-0.39, 0.29) is 24.6 Å². The molecule has 3 fully saturated rings. The van der Waals surface area contributed by atoms with Crippen molar-refractivity contribution < 1.29 is 9.90 Å². The molecule has 0 radical (unpaired) electrons. The van der Waals surface area contributed by atoms with Crippen LogP contribution in [0.4, 0.5) is 4.79 Å². The Bertz CT molecular complexity index is 382. The highest BCUT2D eigenvalue weighted by Crippen LogP contribution is 2.48. The summed E-state index contributed by atoms with van der Waals surface area (Å²) >= 11 is 0. The molecule has 1 saturated heterocycles. The summed E-state index contributed by atoms with van der Waals surface area (Å²) in [7, 11) is 0. The highest BCUT2D eigenvalue weighted by molar-refractivity contribution is 5.74. The molecule has 2 amide bonds. The molecule has 3 N–H and O–H groups in total. The second-order valence-electron chi connectivity index (χ2n) is 7.63. The number of hydrogen-bond donors (Lipinski definition) is 3. The third kappa shape index (κ3) is 3.57. The van der Waals surface area contributed by atoms with Crippen LogP contribution in [0, 0.1) is 23.7 Å². The van der Waals surface area contributed by atoms with E-state index in [4.69, 9.17) is 0 Å². The first kappa shape index (κ1) is 16.1. The maximum atomic E-state index is 12.1. The quantitative estimate of drug-likeness (QED) is 0.720. The summed E-state index contributed by atoms with van der Waals surface area (Å²) in [5.41, 5.74) is 0. The second kappa shape index (κ2) is 7.18. The van der Waals surface area contributed by atoms with E-state index in [1.807, 2.05) is 0 Å². The SMILES string of the molecule is CC1CCN(CCNC(=O)NC2C3CCC(C3)C2CO)CC1. The molecular weight excluding hydrogens is 278 g/mol. The summed E-state index contributed by atoms with van der Waals surface area (Å²) in [4.78, 5) is 14.5. The topological polar surface area (TPSA) is 64.6 Å². The van der Waals surface area contributed by atoms with Crippen molar-refractivity contribution >= 4 is 6.03 Å². The Labute approximate surface area is 133 Å². The fourth-order valence-corrected chi connectivity index (χ4v) is 4.71. The molecular formula is C17H31N3O2. The van der Waals surface area contributed by atoms with Crippen LogP contribution in [0.25, 0.3) is 0 Å². The Balaban J connectivity index is 1.36. The third-order valence-electron chi connectivity index (χ3n) is 6.19. The summed E-state index contributed by atoms with van der Waals surface area (Å²) in [6, 6.07) is 0.126. The maximum absolute atomic E-state index is 12.1. The molecule has 5 nitrogen and oxygen atoms in total. The van der Waals surface area contributed by atoms with Crippen LogP contribution < -0.4 is 10.6 Å². The van der Waals surface area contributed by atoms with Gasteiger partial charge in [0.25, 0.3) is 0 Å². The summed E-state index contributed by atoms with van der Waals surface area (Å²) in [6.45, 7) is 6.49. The maximum Gasteiger partial charge on any atom is 0.315 e. The number of hydrogen-bond acceptors (Lipinski definition) is 3. The lowest BCUT2D eigenvalue weighted by Crippen LogP contribution is -2.50. The highest BCUT2D eigenvalue weighted by Gasteiger charge is 2.47. The monoisotopic (exact) mass is 309 g/mol. The van der Waals surface area contributed by atoms with Gasteiger partial charge in [0.05, 0.1) is 0 Å². The van der Waals surface area contributed by atoms with Gasteiger partial charge in [0, 0.05) is 31.7 Å². The fourth-order valence-electron chi connectivity index (χ4n) is 4.71. The minimum atomic E-state index is -0.0543. The van der Waals surface area contributed by atoms with Gasteiger partial charge in [-0.3, -0.25) is 0 Å². The average molecular weight is 309 g/mol. The summed E-state index contributed by atoms with van der Waals surface area (Å²) in [5.74, 6) is 2.32. The number of carbonyl (C=O) groups excluding carboxylic acids is 1. The van der Waals surface area contributed by atoms with Crippen LogP contribution in [0.3, 0.4) is 0 Å². The van der Waals surface area contributed by atoms with E-state index in [0.29, 0.717) is 18.4 Å². The van der Waals surface area contributed by atoms with Gasteiger partial charge in [-0.05, 0) is 62.9 Å². The molecule has 4 atom stereocenters. The lowest BCUT2D eigenvalue weighted by molar-refractivity contribution is 0.143. The lowest BCUT2D eigenvalue weighted by Gasteiger charge is -2.31. The third-order valence-corrected chi connectivity index (χ3v) is 6.19. The Hall–Kier alpha value is -0.810. The predicted molar refractivity (Wildman–Crippen MR) is 86.6 cm³/mol. The number of nitrogens with zero attached hydrogens (tertiary/aromatic N) is 1. The number of fused-ring (bicyclic) bond motifs is 2. The molecule has 2 aliphatic carbocycles. The van der Waals surface area contributed by atoms with Gasteiger partial charge in [0.15, 0.2) is 0 Å². The van der Waals surface area contributed by atoms with Crippen LogP contribution in [0.15, 0.2) is 0 Å². The van der Waals surface area contributed by atoms with Crippen LogP contribution in [0.1, 0.15) is 39.0 Å². The van der Waals surface area contributed by atoms with Crippen molar-refractivity contribution in [2.24, 2.45) is 23.7 Å². The van der Waals surface area contributed by atoms with Crippen LogP contribution >= 0.6 is 0 Å². The molecule has 0 aromatic rings. The standard InChI is InChI=1S/C17H31N3O2/c1-12-4-7-20(8-5-12)9-6-18-17(22)19-16-14-3-2-13(10-14)15(16)11-21/h12-16,21H,2-11H2,1H3,(H2,18,19,22). The minimum absolute atomic E-state index is 0.0543. The number of aliphatic hydroxyl groups is 1. The Morgan fingerprint density at radius 2 is 1.91 bits per heavy atom. The smallest absolute Gasteiger partial charge is 0.315 e. The molecule has 0 spiro atoms. The summed E-state index contributed by atoms with van der Waals surface area (Å²) in [6.07, 6.45) is 6.16. The molecule has 0 aromatic carbocycles. The van der Waals surface area contributed by atoms with Crippen LogP contribution in [0.2, 0.25) is 0 Å². The van der Waals surface area contributed by atoms with E-state index in [9.17, 15) is 9.90 Å². The van der Waals surface area contributed by atoms with Gasteiger partial charge in [-0.15, -0.1) is 0 Å². The highest BCUT2D eigenvalue weighted by atomic mass is 16.3. The van der Waals surface area contributed by atoms with Crippen molar-refractivity contribution in [2.45, 2.75) is 45.1 Å². The molecule has 4 unspecified atom stereocenters. The molecule has 5 heteroatoms. The number of likely N-dealkylation sites (tertiary alicyclic amines) is 1. The van der Waals surface area contributed by atoms with E-state index in [0.717, 1.165) is 25.6 Å². The lowest BCUT2D eigenvalue weighted by atomic mass is 9.85. The van der Waals surface area contributed by atoms with Crippen LogP contribution in [0.5, 0.6) is 0 Å². The molecule has 1 heterocycles. The zero-order chi connectivity index (χ0) is 15.5. The van der Waals surface area contributed by atoms with Gasteiger partial charge >= 0.3 is 6.03 Å². The zero-order valence-corrected chi connectivity index (χ0v) is 13.8. The van der Waals surface area contributed by atoms with Gasteiger partial charge in [-0.1, -0.05) is 6.92 Å². The zero-order valence-electron chi connectivity index (χ0n) is 13.8. The number of aliphatic hydroxyl groups excluding tert-OH is 1. The Morgan fingerprint density at radius 3 is 2.64 bits per heavy atom. The molecule has 3 rings (SSSR count). The first-order valence-corrected chi connectivity index (χ1v) is 9.05. The number of nitrogens with one attached hydrogen (secondary N) is 2. The average Bonchev–Trinajstić information content (AvgIpc) is 3.10. The molecule has 0 aromatic heterocycles. The van der Waals surface area contributed by atoms with E-state index < -0.39 is 0 Å². The van der Waals surface area contributed by atoms with Crippen molar-refractivity contribution in [3.63, 3.8) is 0 Å². The van der Waals surface area contributed by atoms with Crippen molar-refractivity contribution in [3.8, 4) is 0 Å². The second-order valence-corrected chi connectivity index (χ2v) is 7.63. The Morgan fingerprint density at radius 1 is 1.18 bits per heavy atom. The fraction of sp³-hybridized carbons (Fsp3) is 0.941. The van der Waals surface area contributed by atoms with Gasteiger partial charge < -0.3 is 20.6 Å². The minimum Gasteiger partial charge on any atom is -0.396 e. The summed E-state index contributed by atoms with van der Waals surface area (Å²) < 4.78 is 0. The van der Waals surface area contributed by atoms with E-state index in [1.54, 1.807) is 0 Å². The van der Waals surface area contributed by atoms with Crippen LogP contribution in [-0.4, -0.2) is 54.9 Å². The summed E-state index contributed by atoms with van der Waals surface area (Å²) in [5, 5.41) is 15.7. The molecule has 3 aliphatic rings. The van der Waals surface area contributed by atoms with Crippen LogP contribution in [-0.2, 0) is 0 Å². The van der Waals surface area contributed by atoms with Gasteiger partial charge in [0.2, 0.25) is 0 Å². The molecule has 22 heavy (non-hydrogen) atoms. The van der Waals surface area contributed by atoms with E-state index >= 15 is 0 Å². The number of rotatable bonds is 5. The first-order valence-electron chi connectivity index (χ1n) is 9.05. The van der Waals surface area contributed by atoms with Crippen molar-refractivity contribution in [1.82, 2.24) is 15.5 Å². The number of amides is 2. The van der Waals surface area contributed by atoms with E-state index in [2.05, 4.69) is 22.5 Å². The van der Waals surface area contributed by atoms with Gasteiger partial charge in [-0.25, -0.2) is 4.79 Å². The predicted octanol–water partition coefficient (Wildman–Crippen LogP) is 1.42. The van der Waals surface area contributed by atoms with Gasteiger partial charge in [-0.2, -0.15) is 0 Å². The number of urea groups is 1.